The number of hydrogen-bond acceptors (Lipinski definition) is 1. The summed E-state index contributed by atoms with van der Waals surface area (Å²) in [6.07, 6.45) is 7.78. The topological polar surface area (TPSA) is 12.4 Å². The van der Waals surface area contributed by atoms with Crippen LogP contribution in [-0.2, 0) is 0 Å². The van der Waals surface area contributed by atoms with Crippen molar-refractivity contribution < 1.29 is 0 Å². The van der Waals surface area contributed by atoms with Gasteiger partial charge in [0.1, 0.15) is 0 Å². The van der Waals surface area contributed by atoms with Gasteiger partial charge in [-0.15, -0.1) is 0 Å². The second kappa shape index (κ2) is 4.08. The van der Waals surface area contributed by atoms with Gasteiger partial charge in [0, 0.05) is 11.9 Å². The summed E-state index contributed by atoms with van der Waals surface area (Å²) in [5.41, 5.74) is 1.76. The summed E-state index contributed by atoms with van der Waals surface area (Å²) >= 11 is 0. The number of nitrogens with zero attached hydrogens (tertiary/aromatic N) is 1. The first-order chi connectivity index (χ1) is 6.04. The van der Waals surface area contributed by atoms with Crippen LogP contribution in [0.5, 0.6) is 0 Å². The Morgan fingerprint density at radius 1 is 1.46 bits per heavy atom. The molecule has 0 aliphatic carbocycles. The molecule has 1 heteroatoms. The summed E-state index contributed by atoms with van der Waals surface area (Å²) < 4.78 is 0. The number of allylic oxidation sites excluding steroid dienone is 1. The Morgan fingerprint density at radius 3 is 2.69 bits per heavy atom. The Balaban J connectivity index is 2.59. The van der Waals surface area contributed by atoms with Crippen molar-refractivity contribution in [1.29, 1.82) is 0 Å². The van der Waals surface area contributed by atoms with Crippen molar-refractivity contribution in [2.75, 3.05) is 0 Å². The van der Waals surface area contributed by atoms with Crippen molar-refractivity contribution >= 4 is 5.71 Å². The molecule has 1 heterocycles. The van der Waals surface area contributed by atoms with Gasteiger partial charge in [0.05, 0.1) is 0 Å². The molecule has 0 N–H and O–H groups in total. The van der Waals surface area contributed by atoms with E-state index < -0.39 is 0 Å². The highest BCUT2D eigenvalue weighted by Gasteiger charge is 2.24. The van der Waals surface area contributed by atoms with E-state index in [2.05, 4.69) is 38.8 Å². The van der Waals surface area contributed by atoms with E-state index in [9.17, 15) is 0 Å². The molecular weight excluding hydrogens is 158 g/mol. The molecule has 0 bridgehead atoms. The second-order valence-electron chi connectivity index (χ2n) is 4.96. The average molecular weight is 179 g/mol. The zero-order chi connectivity index (χ0) is 9.90. The molecule has 1 aliphatic rings. The number of aliphatic imine (C=N–C) groups is 1. The van der Waals surface area contributed by atoms with E-state index in [-0.39, 0.29) is 0 Å². The molecule has 13 heavy (non-hydrogen) atoms. The predicted octanol–water partition coefficient (Wildman–Crippen LogP) is 3.81. The molecule has 0 aromatic rings. The minimum absolute atomic E-state index is 0.380. The highest BCUT2D eigenvalue weighted by molar-refractivity contribution is 5.86. The van der Waals surface area contributed by atoms with Crippen molar-refractivity contribution in [3.05, 3.63) is 12.3 Å². The standard InChI is InChI=1S/C12H21N/c1-5-6-11-9-10(7-8-13-11)12(2,3)4/h7-8,10H,5-6,9H2,1-4H3. The summed E-state index contributed by atoms with van der Waals surface area (Å²) in [5.74, 6) is 0.673. The van der Waals surface area contributed by atoms with Gasteiger partial charge in [-0.2, -0.15) is 0 Å². The Hall–Kier alpha value is -0.590. The van der Waals surface area contributed by atoms with Crippen LogP contribution in [0.15, 0.2) is 17.3 Å². The monoisotopic (exact) mass is 179 g/mol. The first-order valence-electron chi connectivity index (χ1n) is 5.26. The van der Waals surface area contributed by atoms with E-state index in [1.807, 2.05) is 6.20 Å². The minimum atomic E-state index is 0.380. The van der Waals surface area contributed by atoms with Crippen LogP contribution in [0.4, 0.5) is 0 Å². The molecule has 0 saturated heterocycles. The highest BCUT2D eigenvalue weighted by atomic mass is 14.7. The molecule has 1 rings (SSSR count). The Bertz CT molecular complexity index is 218. The van der Waals surface area contributed by atoms with E-state index in [0.29, 0.717) is 11.3 Å². The molecule has 0 aromatic heterocycles. The zero-order valence-electron chi connectivity index (χ0n) is 9.30. The minimum Gasteiger partial charge on any atom is -0.266 e. The maximum absolute atomic E-state index is 4.42. The van der Waals surface area contributed by atoms with Crippen LogP contribution in [-0.4, -0.2) is 5.71 Å². The summed E-state index contributed by atoms with van der Waals surface area (Å²) in [6.45, 7) is 9.12. The molecule has 1 aliphatic heterocycles. The van der Waals surface area contributed by atoms with Crippen LogP contribution < -0.4 is 0 Å². The Kier molecular flexibility index (Phi) is 3.29. The van der Waals surface area contributed by atoms with Crippen molar-refractivity contribution in [1.82, 2.24) is 0 Å². The predicted molar refractivity (Wildman–Crippen MR) is 59.0 cm³/mol. The molecule has 1 unspecified atom stereocenters. The largest absolute Gasteiger partial charge is 0.266 e. The van der Waals surface area contributed by atoms with Crippen molar-refractivity contribution in [3.63, 3.8) is 0 Å². The molecule has 74 valence electrons. The van der Waals surface area contributed by atoms with Crippen LogP contribution in [0.25, 0.3) is 0 Å². The SMILES string of the molecule is CCCC1=NC=CC(C(C)(C)C)C1. The Labute approximate surface area is 82.0 Å². The smallest absolute Gasteiger partial charge is 0.0230 e. The van der Waals surface area contributed by atoms with Gasteiger partial charge in [0.25, 0.3) is 0 Å². The van der Waals surface area contributed by atoms with Crippen LogP contribution in [0, 0.1) is 11.3 Å². The Morgan fingerprint density at radius 2 is 2.15 bits per heavy atom. The molecule has 1 nitrogen and oxygen atoms in total. The molecule has 0 saturated carbocycles. The molecule has 0 fully saturated rings. The van der Waals surface area contributed by atoms with Crippen LogP contribution in [0.2, 0.25) is 0 Å². The molecule has 0 spiro atoms. The molecule has 0 amide bonds. The quantitative estimate of drug-likeness (QED) is 0.611. The fraction of sp³-hybridized carbons (Fsp3) is 0.750. The lowest BCUT2D eigenvalue weighted by molar-refractivity contribution is 0.297. The maximum Gasteiger partial charge on any atom is 0.0230 e. The van der Waals surface area contributed by atoms with E-state index in [0.717, 1.165) is 12.8 Å². The lowest BCUT2D eigenvalue weighted by atomic mass is 9.76. The van der Waals surface area contributed by atoms with Gasteiger partial charge in [-0.1, -0.05) is 40.2 Å². The van der Waals surface area contributed by atoms with E-state index in [1.165, 1.54) is 12.1 Å². The van der Waals surface area contributed by atoms with Crippen LogP contribution in [0.1, 0.15) is 47.0 Å². The van der Waals surface area contributed by atoms with Gasteiger partial charge in [-0.05, 0) is 24.2 Å². The second-order valence-corrected chi connectivity index (χ2v) is 4.96. The van der Waals surface area contributed by atoms with E-state index in [4.69, 9.17) is 0 Å². The maximum atomic E-state index is 4.42. The fourth-order valence-corrected chi connectivity index (χ4v) is 1.68. The number of rotatable bonds is 2. The van der Waals surface area contributed by atoms with E-state index >= 15 is 0 Å². The zero-order valence-corrected chi connectivity index (χ0v) is 9.30. The van der Waals surface area contributed by atoms with Gasteiger partial charge < -0.3 is 0 Å². The van der Waals surface area contributed by atoms with Gasteiger partial charge in [-0.3, -0.25) is 4.99 Å². The third-order valence-corrected chi connectivity index (χ3v) is 2.68. The third kappa shape index (κ3) is 2.98. The first kappa shape index (κ1) is 10.5. The number of hydrogen-bond donors (Lipinski definition) is 0. The first-order valence-corrected chi connectivity index (χ1v) is 5.26. The van der Waals surface area contributed by atoms with Gasteiger partial charge in [-0.25, -0.2) is 0 Å². The average Bonchev–Trinajstić information content (AvgIpc) is 2.04. The third-order valence-electron chi connectivity index (χ3n) is 2.68. The van der Waals surface area contributed by atoms with Crippen LogP contribution in [0.3, 0.4) is 0 Å². The van der Waals surface area contributed by atoms with Gasteiger partial charge in [0.2, 0.25) is 0 Å². The summed E-state index contributed by atoms with van der Waals surface area (Å²) in [4.78, 5) is 4.42. The van der Waals surface area contributed by atoms with E-state index in [1.54, 1.807) is 0 Å². The summed E-state index contributed by atoms with van der Waals surface area (Å²) in [5, 5.41) is 0. The normalized spacial score (nSPS) is 23.1. The lowest BCUT2D eigenvalue weighted by Gasteiger charge is -2.30. The lowest BCUT2D eigenvalue weighted by Crippen LogP contribution is -2.23. The molecule has 0 radical (unpaired) electrons. The molecular formula is C12H21N. The summed E-state index contributed by atoms with van der Waals surface area (Å²) in [6, 6.07) is 0. The fourth-order valence-electron chi connectivity index (χ4n) is 1.68. The van der Waals surface area contributed by atoms with Gasteiger partial charge >= 0.3 is 0 Å². The van der Waals surface area contributed by atoms with Crippen molar-refractivity contribution in [3.8, 4) is 0 Å². The highest BCUT2D eigenvalue weighted by Crippen LogP contribution is 2.32. The van der Waals surface area contributed by atoms with Gasteiger partial charge in [0.15, 0.2) is 0 Å². The molecule has 1 atom stereocenters. The molecule has 0 aromatic carbocycles. The van der Waals surface area contributed by atoms with Crippen LogP contribution >= 0.6 is 0 Å². The summed E-state index contributed by atoms with van der Waals surface area (Å²) in [7, 11) is 0. The van der Waals surface area contributed by atoms with Crippen molar-refractivity contribution in [2.24, 2.45) is 16.3 Å². The van der Waals surface area contributed by atoms with Crippen molar-refractivity contribution in [2.45, 2.75) is 47.0 Å².